The number of carbonyl (C=O) groups is 4. The first kappa shape index (κ1) is 80.1. The maximum absolute atomic E-state index is 12.7. The first-order chi connectivity index (χ1) is 54.8. The number of nitrogens with zero attached hydrogens (tertiary/aromatic N) is 23. The van der Waals surface area contributed by atoms with Crippen LogP contribution in [0.1, 0.15) is 78.6 Å². The summed E-state index contributed by atoms with van der Waals surface area (Å²) in [5.74, 6) is 5.54. The van der Waals surface area contributed by atoms with E-state index in [0.717, 1.165) is 64.0 Å². The summed E-state index contributed by atoms with van der Waals surface area (Å²) in [6.45, 7) is 19.0. The Morgan fingerprint density at radius 3 is 0.956 bits per heavy atom. The van der Waals surface area contributed by atoms with E-state index in [1.165, 1.54) is 12.4 Å². The summed E-state index contributed by atoms with van der Waals surface area (Å²) in [5.41, 5.74) is 3.98. The predicted octanol–water partition coefficient (Wildman–Crippen LogP) is 5.67. The normalized spacial score (nSPS) is 13.0. The minimum absolute atomic E-state index is 0.143. The third kappa shape index (κ3) is 24.3. The van der Waals surface area contributed by atoms with Crippen molar-refractivity contribution in [2.24, 2.45) is 0 Å². The molecular weight excluding hydrogens is 1450 g/mol. The molecule has 37 nitrogen and oxygen atoms in total. The number of carbonyl (C=O) groups excluding carboxylic acids is 4. The molecule has 0 aliphatic carbocycles. The zero-order valence-electron chi connectivity index (χ0n) is 62.6. The van der Waals surface area contributed by atoms with Gasteiger partial charge in [-0.25, -0.2) is 39.9 Å². The van der Waals surface area contributed by atoms with Gasteiger partial charge < -0.3 is 41.1 Å². The average Bonchev–Trinajstić information content (AvgIpc) is 0.844. The Morgan fingerprint density at radius 2 is 0.690 bits per heavy atom. The summed E-state index contributed by atoms with van der Waals surface area (Å²) in [6, 6.07) is 35.5. The highest BCUT2D eigenvalue weighted by molar-refractivity contribution is 6.05. The van der Waals surface area contributed by atoms with Gasteiger partial charge in [0.15, 0.2) is 23.3 Å². The first-order valence-corrected chi connectivity index (χ1v) is 35.9. The minimum atomic E-state index is -0.491. The second-order valence-electron chi connectivity index (χ2n) is 25.2. The lowest BCUT2D eigenvalue weighted by molar-refractivity contribution is 0.101. The number of aliphatic hydroxyl groups is 3. The van der Waals surface area contributed by atoms with E-state index in [-0.39, 0.29) is 54.0 Å². The maximum atomic E-state index is 12.7. The van der Waals surface area contributed by atoms with Gasteiger partial charge in [0.25, 0.3) is 23.6 Å². The van der Waals surface area contributed by atoms with Crippen LogP contribution in [-0.2, 0) is 0 Å². The third-order valence-corrected chi connectivity index (χ3v) is 16.2. The van der Waals surface area contributed by atoms with Gasteiger partial charge >= 0.3 is 0 Å². The topological polar surface area (TPSA) is 481 Å². The van der Waals surface area contributed by atoms with Gasteiger partial charge in [0.1, 0.15) is 69.3 Å². The van der Waals surface area contributed by atoms with Gasteiger partial charge in [0, 0.05) is 122 Å². The SMILES string of the molecule is Cc1nc(NC(=O)c2ccc(N3CCN(CCO)CC3)nc2)nc(-c2ccccn2)n1.Cc1nc(NC(=O)c2ccc(N3CCNCC3)nc2)nc(-c2ccccn2)n1.Cc1nc(NC(=O)c2ccc(NC[C@@H](C)O)nc2)nc(-c2ccccn2)n1.Cc1nc(NC(=O)c2ccc(NC[C@H](C)O)nc2)nc(-c2ccccn2)n1. The number of aryl methyl sites for hydroxylation is 4. The van der Waals surface area contributed by atoms with E-state index in [2.05, 4.69) is 152 Å². The minimum Gasteiger partial charge on any atom is -0.395 e. The van der Waals surface area contributed by atoms with Gasteiger partial charge in [-0.05, 0) is 139 Å². The van der Waals surface area contributed by atoms with Crippen molar-refractivity contribution in [1.29, 1.82) is 0 Å². The Bertz CT molecular complexity index is 4930. The Morgan fingerprint density at radius 1 is 0.381 bits per heavy atom. The lowest BCUT2D eigenvalue weighted by Crippen LogP contribution is -2.47. The monoisotopic (exact) mass is 1530 g/mol. The molecule has 14 rings (SSSR count). The van der Waals surface area contributed by atoms with Crippen molar-refractivity contribution < 1.29 is 34.5 Å². The molecule has 4 amide bonds. The van der Waals surface area contributed by atoms with E-state index in [9.17, 15) is 29.4 Å². The maximum Gasteiger partial charge on any atom is 0.259 e. The molecule has 2 fully saturated rings. The van der Waals surface area contributed by atoms with Gasteiger partial charge in [-0.15, -0.1) is 0 Å². The molecule has 0 bridgehead atoms. The van der Waals surface area contributed by atoms with Crippen LogP contribution in [0, 0.1) is 27.7 Å². The van der Waals surface area contributed by atoms with Crippen LogP contribution in [0.15, 0.2) is 171 Å². The smallest absolute Gasteiger partial charge is 0.259 e. The lowest BCUT2D eigenvalue weighted by atomic mass is 10.2. The molecule has 12 aromatic rings. The number of rotatable bonds is 22. The fourth-order valence-electron chi connectivity index (χ4n) is 10.7. The largest absolute Gasteiger partial charge is 0.395 e. The van der Waals surface area contributed by atoms with Gasteiger partial charge in [-0.2, -0.15) is 39.9 Å². The summed E-state index contributed by atoms with van der Waals surface area (Å²) in [4.78, 5) is 142. The Hall–Kier alpha value is -13.9. The number of β-amino-alcohol motifs (C(OH)–C–C–N with tert-alkyl or cyclic N) is 1. The molecule has 2 aliphatic heterocycles. The molecule has 0 aromatic carbocycles. The summed E-state index contributed by atoms with van der Waals surface area (Å²) < 4.78 is 0. The zero-order valence-corrected chi connectivity index (χ0v) is 62.6. The summed E-state index contributed by atoms with van der Waals surface area (Å²) >= 11 is 0. The Kier molecular flexibility index (Phi) is 28.4. The van der Waals surface area contributed by atoms with E-state index in [4.69, 9.17) is 5.11 Å². The number of pyridine rings is 8. The molecule has 0 spiro atoms. The number of aliphatic hydroxyl groups excluding tert-OH is 3. The molecule has 2 atom stereocenters. The molecule has 14 heterocycles. The molecule has 0 saturated carbocycles. The van der Waals surface area contributed by atoms with Gasteiger partial charge in [0.2, 0.25) is 23.8 Å². The Balaban J connectivity index is 0.000000149. The molecule has 2 saturated heterocycles. The van der Waals surface area contributed by atoms with Gasteiger partial charge in [-0.1, -0.05) is 24.3 Å². The van der Waals surface area contributed by atoms with E-state index < -0.39 is 12.2 Å². The predicted molar refractivity (Wildman–Crippen MR) is 421 cm³/mol. The zero-order chi connectivity index (χ0) is 79.4. The van der Waals surface area contributed by atoms with Crippen LogP contribution in [0.25, 0.3) is 46.1 Å². The van der Waals surface area contributed by atoms with Crippen LogP contribution < -0.4 is 47.0 Å². The van der Waals surface area contributed by atoms with Crippen molar-refractivity contribution in [3.05, 3.63) is 216 Å². The molecule has 12 aromatic heterocycles. The number of aromatic nitrogens is 20. The second kappa shape index (κ2) is 40.0. The first-order valence-electron chi connectivity index (χ1n) is 35.9. The van der Waals surface area contributed by atoms with Gasteiger partial charge in [-0.3, -0.25) is 65.3 Å². The van der Waals surface area contributed by atoms with Crippen molar-refractivity contribution >= 4 is 70.7 Å². The summed E-state index contributed by atoms with van der Waals surface area (Å²) in [6.07, 6.45) is 11.6. The lowest BCUT2D eigenvalue weighted by Gasteiger charge is -2.35. The fraction of sp³-hybridized carbons (Fsp3) is 0.263. The number of piperazine rings is 2. The van der Waals surface area contributed by atoms with E-state index in [1.807, 2.05) is 48.5 Å². The number of nitrogens with one attached hydrogen (secondary N) is 7. The molecule has 0 radical (unpaired) electrons. The van der Waals surface area contributed by atoms with E-state index >= 15 is 0 Å². The number of amides is 4. The molecule has 37 heteroatoms. The fourth-order valence-corrected chi connectivity index (χ4v) is 10.7. The quantitative estimate of drug-likeness (QED) is 0.0391. The standard InChI is InChI=1S/C21H24N8O2.C19H20N8O.2C18H19N7O2/c1-15-24-19(17-4-2-3-7-22-17)26-21(25-15)27-20(31)16-5-6-18(23-14-16)29-10-8-28(9-11-29)12-13-30;1-13-23-17(15-4-2-3-7-21-15)25-19(24-13)26-18(28)14-5-6-16(22-12-14)27-10-8-20-9-11-27;2*1-11(26)9-20-15-7-6-13(10-21-15)17(27)25-18-23-12(2)22-16(24-18)14-5-3-4-8-19-14/h2-7,14,30H,8-13H2,1H3,(H,24,25,26,27,31);2-7,12,20H,8-11H2,1H3,(H,23,24,25,26,28);2*3-8,10-11,26H,9H2,1-2H3,(H,20,21)(H,22,23,24,25,27)/t;;2*11-/m..10/s1. The van der Waals surface area contributed by atoms with Crippen LogP contribution >= 0.6 is 0 Å². The summed E-state index contributed by atoms with van der Waals surface area (Å²) in [5, 5.41) is 47.6. The van der Waals surface area contributed by atoms with Crippen molar-refractivity contribution in [2.75, 3.05) is 120 Å². The van der Waals surface area contributed by atoms with Crippen LogP contribution in [0.3, 0.4) is 0 Å². The molecule has 0 unspecified atom stereocenters. The number of anilines is 8. The number of hydrogen-bond donors (Lipinski definition) is 10. The van der Waals surface area contributed by atoms with Crippen LogP contribution in [0.4, 0.5) is 47.1 Å². The molecule has 2 aliphatic rings. The highest BCUT2D eigenvalue weighted by Gasteiger charge is 2.22. The molecule has 113 heavy (non-hydrogen) atoms. The second-order valence-corrected chi connectivity index (χ2v) is 25.2. The molecule has 10 N–H and O–H groups in total. The van der Waals surface area contributed by atoms with Crippen molar-refractivity contribution in [2.45, 2.75) is 53.8 Å². The Labute approximate surface area is 648 Å². The molecule has 578 valence electrons. The highest BCUT2D eigenvalue weighted by Crippen LogP contribution is 2.22. The highest BCUT2D eigenvalue weighted by atomic mass is 16.3. The number of hydrogen-bond acceptors (Lipinski definition) is 33. The van der Waals surface area contributed by atoms with Crippen LogP contribution in [0.5, 0.6) is 0 Å². The van der Waals surface area contributed by atoms with Crippen molar-refractivity contribution in [1.82, 2.24) is 110 Å². The van der Waals surface area contributed by atoms with Crippen LogP contribution in [-0.4, -0.2) is 234 Å². The van der Waals surface area contributed by atoms with Gasteiger partial charge in [0.05, 0.1) is 41.1 Å². The van der Waals surface area contributed by atoms with E-state index in [0.29, 0.717) is 123 Å². The van der Waals surface area contributed by atoms with Crippen LogP contribution in [0.2, 0.25) is 0 Å². The van der Waals surface area contributed by atoms with E-state index in [1.54, 1.807) is 152 Å². The average molecular weight is 1530 g/mol. The molecular formula is C76H82N30O7. The third-order valence-electron chi connectivity index (χ3n) is 16.2. The summed E-state index contributed by atoms with van der Waals surface area (Å²) in [7, 11) is 0. The van der Waals surface area contributed by atoms with Crippen molar-refractivity contribution in [3.63, 3.8) is 0 Å². The van der Waals surface area contributed by atoms with Crippen molar-refractivity contribution in [3.8, 4) is 46.1 Å².